The smallest absolute Gasteiger partial charge is 0.123 e. The van der Waals surface area contributed by atoms with Crippen LogP contribution in [0, 0.1) is 17.8 Å². The van der Waals surface area contributed by atoms with Crippen LogP contribution in [-0.4, -0.2) is 56.7 Å². The number of ether oxygens (including phenoxy) is 2. The van der Waals surface area contributed by atoms with Crippen molar-refractivity contribution < 1.29 is 9.47 Å². The Hall–Kier alpha value is -1.52. The molecule has 2 bridgehead atoms. The van der Waals surface area contributed by atoms with Crippen molar-refractivity contribution in [1.29, 1.82) is 0 Å². The molecule has 136 valence electrons. The highest BCUT2D eigenvalue weighted by atomic mass is 16.5. The topological polar surface area (TPSA) is 24.9 Å². The normalized spacial score (nSPS) is 29.3. The largest absolute Gasteiger partial charge is 0.497 e. The van der Waals surface area contributed by atoms with Crippen LogP contribution in [0.3, 0.4) is 0 Å². The van der Waals surface area contributed by atoms with Gasteiger partial charge in [-0.15, -0.1) is 0 Å². The van der Waals surface area contributed by atoms with E-state index in [2.05, 4.69) is 28.0 Å². The molecule has 1 aromatic carbocycles. The number of piperazine rings is 1. The van der Waals surface area contributed by atoms with E-state index in [0.717, 1.165) is 48.9 Å². The Labute approximate surface area is 151 Å². The van der Waals surface area contributed by atoms with Gasteiger partial charge in [-0.05, 0) is 48.8 Å². The van der Waals surface area contributed by atoms with E-state index in [1.165, 1.54) is 38.0 Å². The van der Waals surface area contributed by atoms with Gasteiger partial charge in [-0.2, -0.15) is 0 Å². The summed E-state index contributed by atoms with van der Waals surface area (Å²) in [7, 11) is 3.46. The van der Waals surface area contributed by atoms with E-state index in [9.17, 15) is 0 Å². The van der Waals surface area contributed by atoms with Gasteiger partial charge in [-0.3, -0.25) is 4.90 Å². The van der Waals surface area contributed by atoms with Gasteiger partial charge in [0.05, 0.1) is 14.2 Å². The molecule has 25 heavy (non-hydrogen) atoms. The van der Waals surface area contributed by atoms with Gasteiger partial charge in [0.2, 0.25) is 0 Å². The quantitative estimate of drug-likeness (QED) is 0.742. The van der Waals surface area contributed by atoms with Crippen LogP contribution in [0.5, 0.6) is 11.5 Å². The Morgan fingerprint density at radius 2 is 1.76 bits per heavy atom. The van der Waals surface area contributed by atoms with Crippen molar-refractivity contribution in [3.05, 3.63) is 35.9 Å². The highest BCUT2D eigenvalue weighted by Crippen LogP contribution is 2.43. The molecule has 1 heterocycles. The molecule has 1 saturated heterocycles. The predicted molar refractivity (Wildman–Crippen MR) is 100 cm³/mol. The molecule has 1 aromatic rings. The monoisotopic (exact) mass is 342 g/mol. The zero-order chi connectivity index (χ0) is 17.2. The molecule has 4 rings (SSSR count). The maximum atomic E-state index is 5.53. The standard InChI is InChI=1S/C21H30N2O2/c1-24-20-5-6-21(25-2)19(13-20)15-23-9-7-22(8-10-23)14-18-12-16-3-4-17(18)11-16/h3-6,13,16-18H,7-12,14-15H2,1-2H3/t16-,17+,18+/m0/s1. The van der Waals surface area contributed by atoms with Crippen LogP contribution in [0.4, 0.5) is 0 Å². The zero-order valence-electron chi connectivity index (χ0n) is 15.5. The van der Waals surface area contributed by atoms with E-state index < -0.39 is 0 Å². The first-order chi connectivity index (χ1) is 12.2. The number of fused-ring (bicyclic) bond motifs is 2. The molecule has 2 aliphatic carbocycles. The first-order valence-corrected chi connectivity index (χ1v) is 9.59. The maximum Gasteiger partial charge on any atom is 0.123 e. The SMILES string of the molecule is COc1ccc(OC)c(CN2CCN(C[C@H]3C[C@H]4C=C[C@@H]3C4)CC2)c1. The van der Waals surface area contributed by atoms with Crippen molar-refractivity contribution >= 4 is 0 Å². The number of nitrogens with zero attached hydrogens (tertiary/aromatic N) is 2. The van der Waals surface area contributed by atoms with Gasteiger partial charge in [0.15, 0.2) is 0 Å². The van der Waals surface area contributed by atoms with Gasteiger partial charge in [-0.25, -0.2) is 0 Å². The second kappa shape index (κ2) is 7.38. The van der Waals surface area contributed by atoms with Crippen molar-refractivity contribution in [1.82, 2.24) is 9.80 Å². The van der Waals surface area contributed by atoms with Crippen LogP contribution >= 0.6 is 0 Å². The molecule has 0 N–H and O–H groups in total. The lowest BCUT2D eigenvalue weighted by Crippen LogP contribution is -2.47. The van der Waals surface area contributed by atoms with E-state index in [-0.39, 0.29) is 0 Å². The fraction of sp³-hybridized carbons (Fsp3) is 0.619. The van der Waals surface area contributed by atoms with Crippen LogP contribution in [-0.2, 0) is 6.54 Å². The van der Waals surface area contributed by atoms with Crippen LogP contribution in [0.1, 0.15) is 18.4 Å². The third-order valence-electron chi connectivity index (χ3n) is 6.26. The molecular weight excluding hydrogens is 312 g/mol. The third kappa shape index (κ3) is 3.70. The molecule has 4 nitrogen and oxygen atoms in total. The predicted octanol–water partition coefficient (Wildman–Crippen LogP) is 3.03. The molecular formula is C21H30N2O2. The lowest BCUT2D eigenvalue weighted by Gasteiger charge is -2.37. The molecule has 1 saturated carbocycles. The fourth-order valence-electron chi connectivity index (χ4n) is 4.81. The molecule has 0 aromatic heterocycles. The van der Waals surface area contributed by atoms with Crippen LogP contribution in [0.25, 0.3) is 0 Å². The number of methoxy groups -OCH3 is 2. The second-order valence-electron chi connectivity index (χ2n) is 7.79. The molecule has 4 heteroatoms. The van der Waals surface area contributed by atoms with E-state index in [4.69, 9.17) is 9.47 Å². The number of allylic oxidation sites excluding steroid dienone is 2. The number of benzene rings is 1. The second-order valence-corrected chi connectivity index (χ2v) is 7.79. The summed E-state index contributed by atoms with van der Waals surface area (Å²) in [5.74, 6) is 4.51. The molecule has 0 radical (unpaired) electrons. The number of rotatable bonds is 6. The Kier molecular flexibility index (Phi) is 5.00. The molecule has 1 aliphatic heterocycles. The molecule has 3 atom stereocenters. The van der Waals surface area contributed by atoms with E-state index in [0.29, 0.717) is 0 Å². The molecule has 0 unspecified atom stereocenters. The van der Waals surface area contributed by atoms with Crippen LogP contribution < -0.4 is 9.47 Å². The van der Waals surface area contributed by atoms with E-state index in [1.807, 2.05) is 12.1 Å². The summed E-state index contributed by atoms with van der Waals surface area (Å²) in [6, 6.07) is 6.07. The zero-order valence-corrected chi connectivity index (χ0v) is 15.5. The van der Waals surface area contributed by atoms with Gasteiger partial charge in [0, 0.05) is 44.8 Å². The summed E-state index contributed by atoms with van der Waals surface area (Å²) in [5, 5.41) is 0. The Morgan fingerprint density at radius 1 is 0.960 bits per heavy atom. The lowest BCUT2D eigenvalue weighted by molar-refractivity contribution is 0.108. The summed E-state index contributed by atoms with van der Waals surface area (Å²) in [6.07, 6.45) is 7.76. The van der Waals surface area contributed by atoms with Crippen molar-refractivity contribution in [2.45, 2.75) is 19.4 Å². The summed E-state index contributed by atoms with van der Waals surface area (Å²) in [6.45, 7) is 6.87. The number of hydrogen-bond acceptors (Lipinski definition) is 4. The highest BCUT2D eigenvalue weighted by Gasteiger charge is 2.36. The van der Waals surface area contributed by atoms with E-state index in [1.54, 1.807) is 14.2 Å². The summed E-state index contributed by atoms with van der Waals surface area (Å²) < 4.78 is 10.9. The summed E-state index contributed by atoms with van der Waals surface area (Å²) >= 11 is 0. The molecule has 2 fully saturated rings. The minimum Gasteiger partial charge on any atom is -0.497 e. The van der Waals surface area contributed by atoms with Gasteiger partial charge in [0.25, 0.3) is 0 Å². The Bertz CT molecular complexity index is 622. The number of hydrogen-bond donors (Lipinski definition) is 0. The van der Waals surface area contributed by atoms with Gasteiger partial charge >= 0.3 is 0 Å². The van der Waals surface area contributed by atoms with E-state index >= 15 is 0 Å². The van der Waals surface area contributed by atoms with Gasteiger partial charge in [-0.1, -0.05) is 12.2 Å². The third-order valence-corrected chi connectivity index (χ3v) is 6.26. The van der Waals surface area contributed by atoms with Gasteiger partial charge in [0.1, 0.15) is 11.5 Å². The van der Waals surface area contributed by atoms with Crippen molar-refractivity contribution in [3.8, 4) is 11.5 Å². The van der Waals surface area contributed by atoms with Crippen molar-refractivity contribution in [3.63, 3.8) is 0 Å². The summed E-state index contributed by atoms with van der Waals surface area (Å²) in [4.78, 5) is 5.22. The maximum absolute atomic E-state index is 5.53. The van der Waals surface area contributed by atoms with Crippen molar-refractivity contribution in [2.75, 3.05) is 46.9 Å². The average molecular weight is 342 g/mol. The fourth-order valence-corrected chi connectivity index (χ4v) is 4.81. The summed E-state index contributed by atoms with van der Waals surface area (Å²) in [5.41, 5.74) is 1.22. The Balaban J connectivity index is 1.29. The van der Waals surface area contributed by atoms with Gasteiger partial charge < -0.3 is 14.4 Å². The molecule has 3 aliphatic rings. The first-order valence-electron chi connectivity index (χ1n) is 9.59. The highest BCUT2D eigenvalue weighted by molar-refractivity contribution is 5.40. The molecule has 0 amide bonds. The molecule has 0 spiro atoms. The average Bonchev–Trinajstić information content (AvgIpc) is 3.26. The Morgan fingerprint density at radius 3 is 2.40 bits per heavy atom. The van der Waals surface area contributed by atoms with Crippen LogP contribution in [0.2, 0.25) is 0 Å². The van der Waals surface area contributed by atoms with Crippen LogP contribution in [0.15, 0.2) is 30.4 Å². The first kappa shape index (κ1) is 16.9. The minimum atomic E-state index is 0.865. The lowest BCUT2D eigenvalue weighted by atomic mass is 9.93. The minimum absolute atomic E-state index is 0.865. The van der Waals surface area contributed by atoms with Crippen molar-refractivity contribution in [2.24, 2.45) is 17.8 Å².